The average molecular weight is 268 g/mol. The van der Waals surface area contributed by atoms with Crippen LogP contribution in [0.25, 0.3) is 0 Å². The molecule has 104 valence electrons. The molecule has 0 saturated carbocycles. The number of pyridine rings is 1. The maximum Gasteiger partial charge on any atom is 0.257 e. The number of carbonyl (C=O) groups excluding carboxylic acids is 1. The highest BCUT2D eigenvalue weighted by Crippen LogP contribution is 2.23. The predicted octanol–water partition coefficient (Wildman–Crippen LogP) is 0.349. The van der Waals surface area contributed by atoms with Gasteiger partial charge in [-0.15, -0.1) is 0 Å². The molecule has 2 heterocycles. The summed E-state index contributed by atoms with van der Waals surface area (Å²) in [5, 5.41) is 9.51. The van der Waals surface area contributed by atoms with Gasteiger partial charge in [0.2, 0.25) is 0 Å². The number of hydrogen-bond acceptors (Lipinski definition) is 5. The summed E-state index contributed by atoms with van der Waals surface area (Å²) < 4.78 is 13.9. The third-order valence-corrected chi connectivity index (χ3v) is 3.45. The Morgan fingerprint density at radius 2 is 2.47 bits per heavy atom. The Bertz CT molecular complexity index is 481. The van der Waals surface area contributed by atoms with Gasteiger partial charge in [-0.05, 0) is 19.4 Å². The fraction of sp³-hybridized carbons (Fsp3) is 0.500. The number of hydrazine groups is 1. The quantitative estimate of drug-likeness (QED) is 0.543. The van der Waals surface area contributed by atoms with Gasteiger partial charge in [-0.3, -0.25) is 4.79 Å². The third kappa shape index (κ3) is 2.66. The highest BCUT2D eigenvalue weighted by molar-refractivity contribution is 5.95. The van der Waals surface area contributed by atoms with Gasteiger partial charge in [-0.1, -0.05) is 0 Å². The summed E-state index contributed by atoms with van der Waals surface area (Å²) in [6, 6.07) is 1.33. The summed E-state index contributed by atoms with van der Waals surface area (Å²) in [5.41, 5.74) is 2.05. The van der Waals surface area contributed by atoms with Crippen molar-refractivity contribution in [1.29, 1.82) is 0 Å². The van der Waals surface area contributed by atoms with E-state index in [0.717, 1.165) is 6.42 Å². The van der Waals surface area contributed by atoms with Crippen LogP contribution in [0.3, 0.4) is 0 Å². The van der Waals surface area contributed by atoms with Crippen LogP contribution in [-0.4, -0.2) is 40.1 Å². The standard InChI is InChI=1S/C12H17FN4O2/c1-7(18)8-3-5-17(6-8)12(19)9-2-4-15-11(16-14)10(9)13/h2,4,7-8,18H,3,5-6,14H2,1H3,(H,15,16). The molecule has 19 heavy (non-hydrogen) atoms. The number of nitrogens with two attached hydrogens (primary N) is 1. The minimum Gasteiger partial charge on any atom is -0.393 e. The second-order valence-electron chi connectivity index (χ2n) is 4.71. The van der Waals surface area contributed by atoms with E-state index >= 15 is 0 Å². The van der Waals surface area contributed by atoms with Crippen LogP contribution in [0.2, 0.25) is 0 Å². The zero-order valence-electron chi connectivity index (χ0n) is 10.6. The van der Waals surface area contributed by atoms with Crippen molar-refractivity contribution in [2.24, 2.45) is 11.8 Å². The number of rotatable bonds is 3. The topological polar surface area (TPSA) is 91.5 Å². The Balaban J connectivity index is 2.17. The van der Waals surface area contributed by atoms with E-state index in [2.05, 4.69) is 10.4 Å². The number of likely N-dealkylation sites (tertiary alicyclic amines) is 1. The molecule has 1 aliphatic rings. The van der Waals surface area contributed by atoms with Gasteiger partial charge in [0.1, 0.15) is 0 Å². The van der Waals surface area contributed by atoms with Crippen molar-refractivity contribution < 1.29 is 14.3 Å². The van der Waals surface area contributed by atoms with Crippen molar-refractivity contribution in [3.05, 3.63) is 23.6 Å². The zero-order chi connectivity index (χ0) is 14.0. The monoisotopic (exact) mass is 268 g/mol. The van der Waals surface area contributed by atoms with Crippen LogP contribution in [-0.2, 0) is 0 Å². The molecule has 1 amide bonds. The summed E-state index contributed by atoms with van der Waals surface area (Å²) in [6.07, 6.45) is 1.58. The van der Waals surface area contributed by atoms with Crippen LogP contribution in [0.4, 0.5) is 10.2 Å². The highest BCUT2D eigenvalue weighted by Gasteiger charge is 2.31. The third-order valence-electron chi connectivity index (χ3n) is 3.45. The molecule has 2 atom stereocenters. The van der Waals surface area contributed by atoms with Crippen LogP contribution in [0.5, 0.6) is 0 Å². The van der Waals surface area contributed by atoms with Gasteiger partial charge in [0.05, 0.1) is 11.7 Å². The fourth-order valence-electron chi connectivity index (χ4n) is 2.25. The van der Waals surface area contributed by atoms with E-state index in [1.54, 1.807) is 6.92 Å². The molecule has 0 aromatic carbocycles. The second-order valence-corrected chi connectivity index (χ2v) is 4.71. The molecular formula is C12H17FN4O2. The van der Waals surface area contributed by atoms with Crippen molar-refractivity contribution in [2.75, 3.05) is 18.5 Å². The first kappa shape index (κ1) is 13.7. The van der Waals surface area contributed by atoms with Gasteiger partial charge < -0.3 is 15.4 Å². The molecule has 1 saturated heterocycles. The molecule has 1 aromatic heterocycles. The van der Waals surface area contributed by atoms with Crippen molar-refractivity contribution in [3.63, 3.8) is 0 Å². The summed E-state index contributed by atoms with van der Waals surface area (Å²) in [4.78, 5) is 17.4. The Hall–Kier alpha value is -1.73. The van der Waals surface area contributed by atoms with E-state index in [4.69, 9.17) is 5.84 Å². The number of aliphatic hydroxyl groups is 1. The van der Waals surface area contributed by atoms with Crippen LogP contribution in [0, 0.1) is 11.7 Å². The molecule has 7 heteroatoms. The molecule has 0 spiro atoms. The number of nitrogen functional groups attached to an aromatic ring is 1. The van der Waals surface area contributed by atoms with Crippen LogP contribution >= 0.6 is 0 Å². The van der Waals surface area contributed by atoms with Gasteiger partial charge in [0.25, 0.3) is 5.91 Å². The lowest BCUT2D eigenvalue weighted by Gasteiger charge is -2.18. The summed E-state index contributed by atoms with van der Waals surface area (Å²) in [6.45, 7) is 2.65. The first-order valence-electron chi connectivity index (χ1n) is 6.13. The lowest BCUT2D eigenvalue weighted by Crippen LogP contribution is -2.31. The van der Waals surface area contributed by atoms with Crippen LogP contribution < -0.4 is 11.3 Å². The van der Waals surface area contributed by atoms with Crippen LogP contribution in [0.1, 0.15) is 23.7 Å². The number of aromatic nitrogens is 1. The maximum atomic E-state index is 13.9. The highest BCUT2D eigenvalue weighted by atomic mass is 19.1. The first-order valence-corrected chi connectivity index (χ1v) is 6.13. The molecule has 0 radical (unpaired) electrons. The lowest BCUT2D eigenvalue weighted by molar-refractivity contribution is 0.0758. The Morgan fingerprint density at radius 3 is 3.05 bits per heavy atom. The number of nitrogens with one attached hydrogen (secondary N) is 1. The van der Waals surface area contributed by atoms with Gasteiger partial charge >= 0.3 is 0 Å². The summed E-state index contributed by atoms with van der Waals surface area (Å²) in [7, 11) is 0. The SMILES string of the molecule is CC(O)C1CCN(C(=O)c2ccnc(NN)c2F)C1. The van der Waals surface area contributed by atoms with E-state index in [-0.39, 0.29) is 17.3 Å². The smallest absolute Gasteiger partial charge is 0.257 e. The number of carbonyl (C=O) groups is 1. The van der Waals surface area contributed by atoms with Crippen molar-refractivity contribution >= 4 is 11.7 Å². The van der Waals surface area contributed by atoms with Gasteiger partial charge in [-0.2, -0.15) is 0 Å². The van der Waals surface area contributed by atoms with Gasteiger partial charge in [0.15, 0.2) is 11.6 Å². The summed E-state index contributed by atoms with van der Waals surface area (Å²) >= 11 is 0. The van der Waals surface area contributed by atoms with Gasteiger partial charge in [-0.25, -0.2) is 15.2 Å². The minimum absolute atomic E-state index is 0.0425. The molecule has 6 nitrogen and oxygen atoms in total. The molecule has 0 aliphatic carbocycles. The second kappa shape index (κ2) is 5.50. The Morgan fingerprint density at radius 1 is 1.74 bits per heavy atom. The molecule has 0 bridgehead atoms. The molecule has 1 aromatic rings. The fourth-order valence-corrected chi connectivity index (χ4v) is 2.25. The molecule has 4 N–H and O–H groups in total. The maximum absolute atomic E-state index is 13.9. The molecule has 2 rings (SSSR count). The number of halogens is 1. The normalized spacial score (nSPS) is 20.4. The van der Waals surface area contributed by atoms with E-state index in [9.17, 15) is 14.3 Å². The molecule has 1 aliphatic heterocycles. The average Bonchev–Trinajstić information content (AvgIpc) is 2.88. The Kier molecular flexibility index (Phi) is 3.96. The minimum atomic E-state index is -0.754. The molecule has 2 unspecified atom stereocenters. The van der Waals surface area contributed by atoms with Crippen LogP contribution in [0.15, 0.2) is 12.3 Å². The molecule has 1 fully saturated rings. The predicted molar refractivity (Wildman–Crippen MR) is 67.7 cm³/mol. The van der Waals surface area contributed by atoms with Crippen molar-refractivity contribution in [3.8, 4) is 0 Å². The number of amides is 1. The van der Waals surface area contributed by atoms with Crippen molar-refractivity contribution in [1.82, 2.24) is 9.88 Å². The van der Waals surface area contributed by atoms with E-state index in [1.165, 1.54) is 17.2 Å². The Labute approximate surface area is 110 Å². The zero-order valence-corrected chi connectivity index (χ0v) is 10.6. The number of anilines is 1. The number of hydrogen-bond donors (Lipinski definition) is 3. The van der Waals surface area contributed by atoms with E-state index in [1.807, 2.05) is 0 Å². The lowest BCUT2D eigenvalue weighted by atomic mass is 10.0. The number of nitrogens with zero attached hydrogens (tertiary/aromatic N) is 2. The van der Waals surface area contributed by atoms with E-state index in [0.29, 0.717) is 13.1 Å². The van der Waals surface area contributed by atoms with E-state index < -0.39 is 17.8 Å². The largest absolute Gasteiger partial charge is 0.393 e. The first-order chi connectivity index (χ1) is 9.04. The summed E-state index contributed by atoms with van der Waals surface area (Å²) in [5.74, 6) is 3.85. The van der Waals surface area contributed by atoms with Gasteiger partial charge in [0, 0.05) is 25.2 Å². The number of aliphatic hydroxyl groups excluding tert-OH is 1. The molecular weight excluding hydrogens is 251 g/mol. The van der Waals surface area contributed by atoms with Crippen molar-refractivity contribution in [2.45, 2.75) is 19.4 Å².